The van der Waals surface area contributed by atoms with Gasteiger partial charge in [-0.15, -0.1) is 0 Å². The van der Waals surface area contributed by atoms with Gasteiger partial charge in [0.05, 0.1) is 4.90 Å². The Balaban J connectivity index is 2.02. The monoisotopic (exact) mass is 313 g/mol. The lowest BCUT2D eigenvalue weighted by Gasteiger charge is -1.97. The first-order chi connectivity index (χ1) is 9.45. The third-order valence-electron chi connectivity index (χ3n) is 2.22. The molecule has 0 amide bonds. The number of benzene rings is 2. The molecule has 1 atom stereocenters. The van der Waals surface area contributed by atoms with Gasteiger partial charge in [0, 0.05) is 4.57 Å². The maximum absolute atomic E-state index is 11.6. The van der Waals surface area contributed by atoms with E-state index in [-0.39, 0.29) is 10.6 Å². The molecule has 0 fully saturated rings. The van der Waals surface area contributed by atoms with Crippen molar-refractivity contribution in [3.05, 3.63) is 54.6 Å². The van der Waals surface area contributed by atoms with Crippen LogP contribution >= 0.6 is 8.25 Å². The molecule has 2 aromatic carbocycles. The first-order valence-electron chi connectivity index (χ1n) is 5.41. The molecule has 8 heteroatoms. The van der Waals surface area contributed by atoms with Crippen LogP contribution in [0.4, 0.5) is 0 Å². The molecular weight excluding hydrogens is 303 g/mol. The van der Waals surface area contributed by atoms with E-state index in [1.54, 1.807) is 30.3 Å². The molecule has 0 spiro atoms. The lowest BCUT2D eigenvalue weighted by molar-refractivity contribution is 0.415. The molecule has 1 N–H and O–H groups in total. The summed E-state index contributed by atoms with van der Waals surface area (Å²) in [6, 6.07) is 13.3. The number of hydrogen-bond acceptors (Lipinski definition) is 5. The number of para-hydroxylation sites is 1. The van der Waals surface area contributed by atoms with Gasteiger partial charge >= 0.3 is 8.25 Å². The van der Waals surface area contributed by atoms with Crippen molar-refractivity contribution in [2.24, 2.45) is 0 Å². The van der Waals surface area contributed by atoms with Gasteiger partial charge in [0.25, 0.3) is 10.1 Å². The lowest BCUT2D eigenvalue weighted by Crippen LogP contribution is -1.97. The Morgan fingerprint density at radius 2 is 1.35 bits per heavy atom. The molecule has 1 unspecified atom stereocenters. The van der Waals surface area contributed by atoms with Gasteiger partial charge in [-0.25, -0.2) is 9.05 Å². The minimum absolute atomic E-state index is 0.162. The van der Waals surface area contributed by atoms with Gasteiger partial charge in [0.2, 0.25) is 0 Å². The smallest absolute Gasteiger partial charge is 0.282 e. The van der Waals surface area contributed by atoms with Crippen molar-refractivity contribution in [2.45, 2.75) is 4.90 Å². The third-order valence-corrected chi connectivity index (χ3v) is 3.81. The van der Waals surface area contributed by atoms with E-state index in [0.717, 1.165) is 12.1 Å². The fourth-order valence-corrected chi connectivity index (χ4v) is 2.45. The van der Waals surface area contributed by atoms with Crippen molar-refractivity contribution in [1.82, 2.24) is 0 Å². The van der Waals surface area contributed by atoms with Crippen LogP contribution in [0.3, 0.4) is 0 Å². The summed E-state index contributed by atoms with van der Waals surface area (Å²) in [5, 5.41) is 0. The van der Waals surface area contributed by atoms with E-state index in [1.165, 1.54) is 12.1 Å². The van der Waals surface area contributed by atoms with Gasteiger partial charge in [-0.2, -0.15) is 8.42 Å². The van der Waals surface area contributed by atoms with Gasteiger partial charge in [0.1, 0.15) is 0 Å². The topological polar surface area (TPSA) is 89.9 Å². The van der Waals surface area contributed by atoms with Gasteiger partial charge in [-0.05, 0) is 36.4 Å². The Bertz CT molecular complexity index is 696. The second-order valence-electron chi connectivity index (χ2n) is 3.67. The predicted molar refractivity (Wildman–Crippen MR) is 71.6 cm³/mol. The van der Waals surface area contributed by atoms with Crippen LogP contribution in [0.25, 0.3) is 0 Å². The van der Waals surface area contributed by atoms with Crippen LogP contribution in [-0.4, -0.2) is 13.0 Å². The molecule has 0 heterocycles. The largest absolute Gasteiger partial charge is 0.805 e. The van der Waals surface area contributed by atoms with E-state index >= 15 is 0 Å². The van der Waals surface area contributed by atoms with Gasteiger partial charge in [-0.3, -0.25) is 4.55 Å². The van der Waals surface area contributed by atoms with Crippen LogP contribution in [-0.2, 0) is 14.7 Å². The zero-order valence-corrected chi connectivity index (χ0v) is 11.8. The van der Waals surface area contributed by atoms with Gasteiger partial charge < -0.3 is 0 Å². The molecule has 20 heavy (non-hydrogen) atoms. The number of hydrogen-bond donors (Lipinski definition) is 1. The van der Waals surface area contributed by atoms with Crippen molar-refractivity contribution in [3.8, 4) is 11.5 Å². The van der Waals surface area contributed by atoms with Crippen LogP contribution < -0.4 is 9.05 Å². The highest BCUT2D eigenvalue weighted by molar-refractivity contribution is 7.85. The van der Waals surface area contributed by atoms with Crippen LogP contribution in [0.2, 0.25) is 0 Å². The summed E-state index contributed by atoms with van der Waals surface area (Å²) in [5.74, 6) is 0.553. The standard InChI is InChI=1S/C12H9O6PS/c13-19(17-10-4-2-1-3-5-10)18-11-6-8-12(9-7-11)20(14,15)16/h1-9H/p+1. The zero-order valence-electron chi connectivity index (χ0n) is 10.0. The van der Waals surface area contributed by atoms with Crippen molar-refractivity contribution >= 4 is 18.4 Å². The Morgan fingerprint density at radius 1 is 0.850 bits per heavy atom. The molecule has 6 nitrogen and oxygen atoms in total. The fraction of sp³-hybridized carbons (Fsp3) is 0. The van der Waals surface area contributed by atoms with E-state index in [1.807, 2.05) is 0 Å². The van der Waals surface area contributed by atoms with E-state index in [2.05, 4.69) is 0 Å². The van der Waals surface area contributed by atoms with Crippen LogP contribution in [0, 0.1) is 0 Å². The third kappa shape index (κ3) is 4.03. The molecule has 2 aromatic rings. The molecular formula is C12H10O6PS+. The lowest BCUT2D eigenvalue weighted by atomic mass is 10.3. The van der Waals surface area contributed by atoms with E-state index < -0.39 is 18.4 Å². The number of rotatable bonds is 5. The molecule has 0 radical (unpaired) electrons. The molecule has 0 aromatic heterocycles. The van der Waals surface area contributed by atoms with Crippen molar-refractivity contribution in [3.63, 3.8) is 0 Å². The average Bonchev–Trinajstić information content (AvgIpc) is 2.39. The highest BCUT2D eigenvalue weighted by Crippen LogP contribution is 2.30. The van der Waals surface area contributed by atoms with Crippen molar-refractivity contribution in [2.75, 3.05) is 0 Å². The molecule has 104 valence electrons. The molecule has 0 saturated heterocycles. The molecule has 0 saturated carbocycles. The van der Waals surface area contributed by atoms with E-state index in [4.69, 9.17) is 13.6 Å². The van der Waals surface area contributed by atoms with Crippen LogP contribution in [0.15, 0.2) is 59.5 Å². The summed E-state index contributed by atoms with van der Waals surface area (Å²) in [6.45, 7) is 0. The maximum Gasteiger partial charge on any atom is 0.805 e. The van der Waals surface area contributed by atoms with Crippen LogP contribution in [0.5, 0.6) is 11.5 Å². The van der Waals surface area contributed by atoms with E-state index in [9.17, 15) is 13.0 Å². The Kier molecular flexibility index (Phi) is 4.34. The highest BCUT2D eigenvalue weighted by Gasteiger charge is 2.24. The van der Waals surface area contributed by atoms with E-state index in [0.29, 0.717) is 5.75 Å². The molecule has 0 aliphatic heterocycles. The molecule has 0 bridgehead atoms. The summed E-state index contributed by atoms with van der Waals surface area (Å²) >= 11 is 0. The normalized spacial score (nSPS) is 11.8. The molecule has 0 aliphatic rings. The Labute approximate surface area is 116 Å². The van der Waals surface area contributed by atoms with Crippen molar-refractivity contribution in [1.29, 1.82) is 0 Å². The quantitative estimate of drug-likeness (QED) is 0.674. The SMILES string of the molecule is O=[P+](Oc1ccccc1)Oc1ccc(S(=O)(=O)O)cc1. The first kappa shape index (κ1) is 14.5. The summed E-state index contributed by atoms with van der Waals surface area (Å²) in [4.78, 5) is -0.274. The summed E-state index contributed by atoms with van der Waals surface area (Å²) in [5.41, 5.74) is 0. The van der Waals surface area contributed by atoms with Crippen molar-refractivity contribution < 1.29 is 26.6 Å². The second-order valence-corrected chi connectivity index (χ2v) is 5.90. The minimum Gasteiger partial charge on any atom is -0.282 e. The summed E-state index contributed by atoms with van der Waals surface area (Å²) in [7, 11) is -6.69. The second kappa shape index (κ2) is 6.00. The fourth-order valence-electron chi connectivity index (χ4n) is 1.34. The van der Waals surface area contributed by atoms with Gasteiger partial charge in [-0.1, -0.05) is 18.2 Å². The Hall–Kier alpha value is -1.95. The van der Waals surface area contributed by atoms with Crippen LogP contribution in [0.1, 0.15) is 0 Å². The van der Waals surface area contributed by atoms with Gasteiger partial charge in [0.15, 0.2) is 11.5 Å². The minimum atomic E-state index is -4.26. The first-order valence-corrected chi connectivity index (χ1v) is 7.94. The average molecular weight is 313 g/mol. The zero-order chi connectivity index (χ0) is 14.6. The predicted octanol–water partition coefficient (Wildman–Crippen LogP) is 3.05. The molecule has 0 aliphatic carbocycles. The maximum atomic E-state index is 11.6. The summed E-state index contributed by atoms with van der Waals surface area (Å²) < 4.78 is 52.1. The summed E-state index contributed by atoms with van der Waals surface area (Å²) in [6.07, 6.45) is 0. The Morgan fingerprint density at radius 3 is 1.85 bits per heavy atom. The highest BCUT2D eigenvalue weighted by atomic mass is 32.2. The molecule has 2 rings (SSSR count).